The van der Waals surface area contributed by atoms with Crippen LogP contribution in [0.1, 0.15) is 11.7 Å². The van der Waals surface area contributed by atoms with Crippen molar-refractivity contribution in [2.75, 3.05) is 13.1 Å². The van der Waals surface area contributed by atoms with Gasteiger partial charge in [-0.15, -0.1) is 5.10 Å². The molecule has 2 aromatic rings. The van der Waals surface area contributed by atoms with E-state index in [1.807, 2.05) is 0 Å². The standard InChI is InChI=1S/C13H14N4O3S/c18-21(19,11-4-2-1-3-5-11)16-7-12-13(8-16)20-9-10-6-14-15-17(10)12/h1-6,12-13H,7-9H2. The third-order valence-corrected chi connectivity index (χ3v) is 5.84. The Kier molecular flexibility index (Phi) is 2.84. The number of aromatic nitrogens is 3. The number of benzene rings is 1. The number of fused-ring (bicyclic) bond motifs is 3. The predicted molar refractivity (Wildman–Crippen MR) is 72.8 cm³/mol. The second-order valence-corrected chi connectivity index (χ2v) is 7.16. The lowest BCUT2D eigenvalue weighted by molar-refractivity contribution is -0.00389. The van der Waals surface area contributed by atoms with Crippen LogP contribution < -0.4 is 0 Å². The van der Waals surface area contributed by atoms with Gasteiger partial charge in [-0.25, -0.2) is 13.1 Å². The maximum atomic E-state index is 12.7. The second kappa shape index (κ2) is 4.62. The molecule has 8 heteroatoms. The van der Waals surface area contributed by atoms with Crippen LogP contribution in [-0.4, -0.2) is 46.9 Å². The van der Waals surface area contributed by atoms with E-state index in [2.05, 4.69) is 10.3 Å². The Labute approximate surface area is 122 Å². The van der Waals surface area contributed by atoms with E-state index >= 15 is 0 Å². The van der Waals surface area contributed by atoms with Crippen LogP contribution in [0.2, 0.25) is 0 Å². The summed E-state index contributed by atoms with van der Waals surface area (Å²) in [6.07, 6.45) is 1.49. The SMILES string of the molecule is O=S(=O)(c1ccccc1)N1CC2OCc3cnnn3C2C1. The van der Waals surface area contributed by atoms with Crippen LogP contribution in [0.3, 0.4) is 0 Å². The molecule has 2 unspecified atom stereocenters. The molecule has 3 heterocycles. The Morgan fingerprint density at radius 3 is 2.81 bits per heavy atom. The van der Waals surface area contributed by atoms with E-state index in [-0.39, 0.29) is 12.1 Å². The van der Waals surface area contributed by atoms with Gasteiger partial charge in [-0.2, -0.15) is 4.31 Å². The van der Waals surface area contributed by atoms with Crippen LogP contribution in [0.25, 0.3) is 0 Å². The smallest absolute Gasteiger partial charge is 0.243 e. The highest BCUT2D eigenvalue weighted by molar-refractivity contribution is 7.89. The van der Waals surface area contributed by atoms with Gasteiger partial charge in [-0.3, -0.25) is 0 Å². The van der Waals surface area contributed by atoms with Crippen molar-refractivity contribution in [1.82, 2.24) is 19.3 Å². The van der Waals surface area contributed by atoms with Gasteiger partial charge < -0.3 is 4.74 Å². The lowest BCUT2D eigenvalue weighted by atomic mass is 10.2. The van der Waals surface area contributed by atoms with Crippen molar-refractivity contribution in [3.05, 3.63) is 42.2 Å². The van der Waals surface area contributed by atoms with Gasteiger partial charge >= 0.3 is 0 Å². The Morgan fingerprint density at radius 2 is 2.00 bits per heavy atom. The summed E-state index contributed by atoms with van der Waals surface area (Å²) in [6.45, 7) is 1.13. The molecular weight excluding hydrogens is 292 g/mol. The van der Waals surface area contributed by atoms with Crippen molar-refractivity contribution in [3.63, 3.8) is 0 Å². The zero-order valence-electron chi connectivity index (χ0n) is 11.2. The normalized spacial score (nSPS) is 25.5. The molecule has 0 amide bonds. The summed E-state index contributed by atoms with van der Waals surface area (Å²) >= 11 is 0. The minimum absolute atomic E-state index is 0.102. The van der Waals surface area contributed by atoms with E-state index in [0.717, 1.165) is 5.69 Å². The number of hydrogen-bond donors (Lipinski definition) is 0. The van der Waals surface area contributed by atoms with Gasteiger partial charge in [-0.1, -0.05) is 23.4 Å². The molecule has 0 radical (unpaired) electrons. The van der Waals surface area contributed by atoms with Gasteiger partial charge in [0.25, 0.3) is 0 Å². The Hall–Kier alpha value is -1.77. The van der Waals surface area contributed by atoms with Gasteiger partial charge in [0, 0.05) is 13.1 Å². The molecule has 1 aromatic carbocycles. The molecule has 21 heavy (non-hydrogen) atoms. The molecule has 7 nitrogen and oxygen atoms in total. The van der Waals surface area contributed by atoms with E-state index in [1.54, 1.807) is 41.2 Å². The summed E-state index contributed by atoms with van der Waals surface area (Å²) in [5.74, 6) is 0. The largest absolute Gasteiger partial charge is 0.368 e. The average Bonchev–Trinajstić information content (AvgIpc) is 3.14. The van der Waals surface area contributed by atoms with Crippen molar-refractivity contribution >= 4 is 10.0 Å². The lowest BCUT2D eigenvalue weighted by Crippen LogP contribution is -2.32. The van der Waals surface area contributed by atoms with E-state index in [4.69, 9.17) is 4.74 Å². The fourth-order valence-electron chi connectivity index (χ4n) is 2.90. The minimum atomic E-state index is -3.49. The molecular formula is C13H14N4O3S. The van der Waals surface area contributed by atoms with E-state index in [1.165, 1.54) is 4.31 Å². The first-order chi connectivity index (χ1) is 10.2. The summed E-state index contributed by atoms with van der Waals surface area (Å²) in [6, 6.07) is 8.37. The number of rotatable bonds is 2. The fourth-order valence-corrected chi connectivity index (χ4v) is 4.39. The van der Waals surface area contributed by atoms with E-state index in [9.17, 15) is 8.42 Å². The average molecular weight is 306 g/mol. The highest BCUT2D eigenvalue weighted by Crippen LogP contribution is 2.33. The van der Waals surface area contributed by atoms with Crippen molar-refractivity contribution in [2.24, 2.45) is 0 Å². The first-order valence-electron chi connectivity index (χ1n) is 6.72. The maximum Gasteiger partial charge on any atom is 0.243 e. The molecule has 0 saturated carbocycles. The monoisotopic (exact) mass is 306 g/mol. The van der Waals surface area contributed by atoms with Gasteiger partial charge in [-0.05, 0) is 12.1 Å². The predicted octanol–water partition coefficient (Wildman–Crippen LogP) is 0.422. The number of sulfonamides is 1. The highest BCUT2D eigenvalue weighted by Gasteiger charge is 2.44. The van der Waals surface area contributed by atoms with E-state index < -0.39 is 10.0 Å². The Morgan fingerprint density at radius 1 is 1.19 bits per heavy atom. The van der Waals surface area contributed by atoms with Gasteiger partial charge in [0.2, 0.25) is 10.0 Å². The summed E-state index contributed by atoms with van der Waals surface area (Å²) in [7, 11) is -3.49. The molecule has 2 atom stereocenters. The van der Waals surface area contributed by atoms with Crippen molar-refractivity contribution in [1.29, 1.82) is 0 Å². The van der Waals surface area contributed by atoms with Crippen LogP contribution >= 0.6 is 0 Å². The fraction of sp³-hybridized carbons (Fsp3) is 0.385. The first-order valence-corrected chi connectivity index (χ1v) is 8.16. The summed E-state index contributed by atoms with van der Waals surface area (Å²) in [4.78, 5) is 0.308. The molecule has 2 aliphatic heterocycles. The van der Waals surface area contributed by atoms with Gasteiger partial charge in [0.15, 0.2) is 0 Å². The summed E-state index contributed by atoms with van der Waals surface area (Å²) in [5.41, 5.74) is 0.884. The number of nitrogens with zero attached hydrogens (tertiary/aromatic N) is 4. The quantitative estimate of drug-likeness (QED) is 0.804. The molecule has 110 valence electrons. The molecule has 4 rings (SSSR count). The molecule has 0 N–H and O–H groups in total. The maximum absolute atomic E-state index is 12.7. The lowest BCUT2D eigenvalue weighted by Gasteiger charge is -2.25. The van der Waals surface area contributed by atoms with Crippen LogP contribution in [0.4, 0.5) is 0 Å². The molecule has 1 fully saturated rings. The molecule has 0 spiro atoms. The molecule has 1 aromatic heterocycles. The molecule has 2 aliphatic rings. The number of hydrogen-bond acceptors (Lipinski definition) is 5. The van der Waals surface area contributed by atoms with Crippen molar-refractivity contribution in [2.45, 2.75) is 23.6 Å². The highest BCUT2D eigenvalue weighted by atomic mass is 32.2. The van der Waals surface area contributed by atoms with Gasteiger partial charge in [0.1, 0.15) is 0 Å². The van der Waals surface area contributed by atoms with Crippen molar-refractivity contribution in [3.8, 4) is 0 Å². The molecule has 0 aliphatic carbocycles. The van der Waals surface area contributed by atoms with Crippen LogP contribution in [0, 0.1) is 0 Å². The zero-order valence-corrected chi connectivity index (χ0v) is 12.0. The summed E-state index contributed by atoms with van der Waals surface area (Å²) in [5, 5.41) is 7.93. The summed E-state index contributed by atoms with van der Waals surface area (Å²) < 4.78 is 34.3. The van der Waals surface area contributed by atoms with Crippen LogP contribution in [0.5, 0.6) is 0 Å². The zero-order chi connectivity index (χ0) is 14.4. The molecule has 1 saturated heterocycles. The molecule has 0 bridgehead atoms. The third-order valence-electron chi connectivity index (χ3n) is 3.99. The van der Waals surface area contributed by atoms with Gasteiger partial charge in [0.05, 0.1) is 35.5 Å². The third kappa shape index (κ3) is 1.98. The van der Waals surface area contributed by atoms with Crippen molar-refractivity contribution < 1.29 is 13.2 Å². The second-order valence-electron chi connectivity index (χ2n) is 5.22. The topological polar surface area (TPSA) is 77.3 Å². The first kappa shape index (κ1) is 12.9. The van der Waals surface area contributed by atoms with Crippen LogP contribution in [-0.2, 0) is 21.4 Å². The van der Waals surface area contributed by atoms with Crippen LogP contribution in [0.15, 0.2) is 41.4 Å². The number of ether oxygens (including phenoxy) is 1. The Bertz CT molecular complexity index is 759. The minimum Gasteiger partial charge on any atom is -0.368 e. The Balaban J connectivity index is 1.66. The van der Waals surface area contributed by atoms with E-state index in [0.29, 0.717) is 24.6 Å².